The van der Waals surface area contributed by atoms with Crippen LogP contribution in [0.4, 0.5) is 17.6 Å². The Morgan fingerprint density at radius 2 is 1.80 bits per heavy atom. The van der Waals surface area contributed by atoms with Crippen LogP contribution in [-0.2, 0) is 25.8 Å². The number of ether oxygens (including phenoxy) is 1. The molecule has 1 N–H and O–H groups in total. The number of nitrogens with one attached hydrogen (secondary N) is 1. The number of carbonyl (C=O) groups is 2. The van der Waals surface area contributed by atoms with Crippen LogP contribution >= 0.6 is 15.9 Å². The summed E-state index contributed by atoms with van der Waals surface area (Å²) in [5.74, 6) is -1.45. The first-order valence-electron chi connectivity index (χ1n) is 16.0. The Labute approximate surface area is 296 Å². The summed E-state index contributed by atoms with van der Waals surface area (Å²) in [6.07, 6.45) is -1.21. The minimum Gasteiger partial charge on any atom is -0.490 e. The smallest absolute Gasteiger partial charge is 0.417 e. The average molecular weight is 766 g/mol. The second-order valence-corrected chi connectivity index (χ2v) is 13.2. The van der Waals surface area contributed by atoms with E-state index in [9.17, 15) is 27.6 Å². The summed E-state index contributed by atoms with van der Waals surface area (Å²) in [6.45, 7) is 1.07. The van der Waals surface area contributed by atoms with Gasteiger partial charge in [0, 0.05) is 46.5 Å². The molecule has 262 valence electrons. The van der Waals surface area contributed by atoms with Crippen molar-refractivity contribution in [1.29, 1.82) is 0 Å². The largest absolute Gasteiger partial charge is 0.490 e. The van der Waals surface area contributed by atoms with Crippen LogP contribution in [0, 0.1) is 5.82 Å². The lowest BCUT2D eigenvalue weighted by Gasteiger charge is -2.34. The van der Waals surface area contributed by atoms with E-state index in [1.165, 1.54) is 38.4 Å². The first kappa shape index (κ1) is 34.2. The summed E-state index contributed by atoms with van der Waals surface area (Å²) < 4.78 is 64.6. The highest BCUT2D eigenvalue weighted by Crippen LogP contribution is 2.36. The molecule has 3 heterocycles. The summed E-state index contributed by atoms with van der Waals surface area (Å²) >= 11 is 2.91. The molecule has 51 heavy (non-hydrogen) atoms. The fraction of sp³-hybridized carbons (Fsp3) is 0.250. The third-order valence-electron chi connectivity index (χ3n) is 8.85. The SMILES string of the molecule is C[C@@H]1Cn2c(c(C(=O)NCc3c(F)cccc3-c3cccnn3)n(-c3ccc(OC4CC4)cc3)c2=O)CN1C(=O)c1ccc(Br)c(C(F)(F)F)c1. The zero-order chi connectivity index (χ0) is 36.0. The summed E-state index contributed by atoms with van der Waals surface area (Å²) in [5.41, 5.74) is -0.445. The fourth-order valence-electron chi connectivity index (χ4n) is 6.13. The van der Waals surface area contributed by atoms with Gasteiger partial charge in [0.25, 0.3) is 11.8 Å². The van der Waals surface area contributed by atoms with Gasteiger partial charge in [0.2, 0.25) is 0 Å². The highest BCUT2D eigenvalue weighted by Gasteiger charge is 2.38. The molecule has 2 amide bonds. The lowest BCUT2D eigenvalue weighted by atomic mass is 10.0. The third kappa shape index (κ3) is 6.77. The maximum absolute atomic E-state index is 15.2. The number of hydrogen-bond acceptors (Lipinski definition) is 6. The molecule has 0 unspecified atom stereocenters. The number of amides is 2. The van der Waals surface area contributed by atoms with Crippen LogP contribution in [0.5, 0.6) is 5.75 Å². The van der Waals surface area contributed by atoms with Crippen LogP contribution in [0.1, 0.15) is 57.4 Å². The molecule has 0 saturated heterocycles. The van der Waals surface area contributed by atoms with Gasteiger partial charge in [0.1, 0.15) is 17.3 Å². The van der Waals surface area contributed by atoms with Gasteiger partial charge in [-0.15, -0.1) is 0 Å². The van der Waals surface area contributed by atoms with E-state index in [-0.39, 0.29) is 52.7 Å². The number of benzene rings is 3. The summed E-state index contributed by atoms with van der Waals surface area (Å²) in [7, 11) is 0. The van der Waals surface area contributed by atoms with Gasteiger partial charge in [-0.2, -0.15) is 23.4 Å². The van der Waals surface area contributed by atoms with Gasteiger partial charge in [-0.05, 0) is 80.4 Å². The first-order valence-corrected chi connectivity index (χ1v) is 16.8. The Kier molecular flexibility index (Phi) is 9.00. The van der Waals surface area contributed by atoms with Gasteiger partial charge in [0.05, 0.1) is 35.3 Å². The zero-order valence-electron chi connectivity index (χ0n) is 27.0. The van der Waals surface area contributed by atoms with Crippen molar-refractivity contribution in [2.45, 2.75) is 57.7 Å². The van der Waals surface area contributed by atoms with Crippen LogP contribution in [0.3, 0.4) is 0 Å². The van der Waals surface area contributed by atoms with Crippen molar-refractivity contribution < 1.29 is 31.9 Å². The Morgan fingerprint density at radius 3 is 2.49 bits per heavy atom. The van der Waals surface area contributed by atoms with Gasteiger partial charge in [0.15, 0.2) is 0 Å². The number of alkyl halides is 3. The van der Waals surface area contributed by atoms with Gasteiger partial charge in [-0.1, -0.05) is 28.1 Å². The molecule has 1 fully saturated rings. The lowest BCUT2D eigenvalue weighted by Crippen LogP contribution is -2.47. The highest BCUT2D eigenvalue weighted by atomic mass is 79.9. The molecule has 5 aromatic rings. The van der Waals surface area contributed by atoms with Crippen molar-refractivity contribution in [1.82, 2.24) is 29.5 Å². The molecule has 1 aliphatic carbocycles. The van der Waals surface area contributed by atoms with Crippen LogP contribution in [0.25, 0.3) is 16.9 Å². The maximum atomic E-state index is 15.2. The van der Waals surface area contributed by atoms with E-state index in [0.717, 1.165) is 25.0 Å². The molecule has 10 nitrogen and oxygen atoms in total. The number of fused-ring (bicyclic) bond motifs is 1. The van der Waals surface area contributed by atoms with Gasteiger partial charge >= 0.3 is 11.9 Å². The highest BCUT2D eigenvalue weighted by molar-refractivity contribution is 9.10. The monoisotopic (exact) mass is 764 g/mol. The number of rotatable bonds is 8. The molecule has 1 aliphatic heterocycles. The summed E-state index contributed by atoms with van der Waals surface area (Å²) in [6, 6.07) is 16.9. The topological polar surface area (TPSA) is 111 Å². The summed E-state index contributed by atoms with van der Waals surface area (Å²) in [5, 5.41) is 10.7. The van der Waals surface area contributed by atoms with E-state index in [2.05, 4.69) is 31.4 Å². The first-order chi connectivity index (χ1) is 24.4. The Morgan fingerprint density at radius 1 is 1.04 bits per heavy atom. The Bertz CT molecular complexity index is 2200. The van der Waals surface area contributed by atoms with E-state index in [1.54, 1.807) is 49.4 Å². The summed E-state index contributed by atoms with van der Waals surface area (Å²) in [4.78, 5) is 43.4. The number of nitrogens with zero attached hydrogens (tertiary/aromatic N) is 5. The van der Waals surface area contributed by atoms with Crippen molar-refractivity contribution >= 4 is 27.7 Å². The van der Waals surface area contributed by atoms with Crippen molar-refractivity contribution in [3.8, 4) is 22.7 Å². The lowest BCUT2D eigenvalue weighted by molar-refractivity contribution is -0.138. The zero-order valence-corrected chi connectivity index (χ0v) is 28.5. The molecular formula is C36H29BrF4N6O4. The van der Waals surface area contributed by atoms with Crippen LogP contribution in [0.2, 0.25) is 0 Å². The molecule has 1 atom stereocenters. The second kappa shape index (κ2) is 13.4. The number of aromatic nitrogens is 4. The van der Waals surface area contributed by atoms with Crippen molar-refractivity contribution in [3.05, 3.63) is 128 Å². The molecule has 7 rings (SSSR count). The number of hydrogen-bond donors (Lipinski definition) is 1. The van der Waals surface area contributed by atoms with Crippen molar-refractivity contribution in [3.63, 3.8) is 0 Å². The van der Waals surface area contributed by atoms with E-state index >= 15 is 4.39 Å². The number of carbonyl (C=O) groups excluding carboxylic acids is 2. The van der Waals surface area contributed by atoms with E-state index in [4.69, 9.17) is 4.74 Å². The average Bonchev–Trinajstić information content (AvgIpc) is 3.89. The standard InChI is InChI=1S/C36H29BrF4N6O4/c1-20-18-46-31(19-45(20)34(49)21-7-14-28(37)27(16-21)36(39,40)41)32(47(35(46)50)22-8-10-23(11-9-22)51-24-12-13-24)33(48)42-17-26-25(4-2-5-29(26)38)30-6-3-15-43-44-30/h2-11,14-16,20,24H,12-13,17-19H2,1H3,(H,42,48)/t20-/m1/s1. The molecule has 15 heteroatoms. The third-order valence-corrected chi connectivity index (χ3v) is 9.54. The van der Waals surface area contributed by atoms with Crippen LogP contribution < -0.4 is 15.7 Å². The molecule has 0 radical (unpaired) electrons. The van der Waals surface area contributed by atoms with E-state index < -0.39 is 41.1 Å². The maximum Gasteiger partial charge on any atom is 0.417 e. The predicted octanol–water partition coefficient (Wildman–Crippen LogP) is 6.53. The van der Waals surface area contributed by atoms with Crippen molar-refractivity contribution in [2.75, 3.05) is 0 Å². The second-order valence-electron chi connectivity index (χ2n) is 12.4. The normalized spacial score (nSPS) is 15.7. The van der Waals surface area contributed by atoms with E-state index in [1.807, 2.05) is 0 Å². The number of imidazole rings is 1. The molecule has 0 spiro atoms. The minimum atomic E-state index is -4.71. The Balaban J connectivity index is 1.27. The van der Waals surface area contributed by atoms with Gasteiger partial charge < -0.3 is 15.0 Å². The van der Waals surface area contributed by atoms with Crippen LogP contribution in [0.15, 0.2) is 88.3 Å². The Hall–Kier alpha value is -5.31. The quantitative estimate of drug-likeness (QED) is 0.180. The van der Waals surface area contributed by atoms with E-state index in [0.29, 0.717) is 22.7 Å². The number of halogens is 5. The van der Waals surface area contributed by atoms with Crippen molar-refractivity contribution in [2.24, 2.45) is 0 Å². The molecule has 3 aromatic carbocycles. The molecule has 2 aromatic heterocycles. The molecule has 2 aliphatic rings. The van der Waals surface area contributed by atoms with Crippen LogP contribution in [-0.4, -0.2) is 48.2 Å². The fourth-order valence-corrected chi connectivity index (χ4v) is 6.60. The molecular weight excluding hydrogens is 736 g/mol. The minimum absolute atomic E-state index is 0.0388. The molecule has 1 saturated carbocycles. The molecule has 0 bridgehead atoms. The predicted molar refractivity (Wildman–Crippen MR) is 181 cm³/mol. The van der Waals surface area contributed by atoms with Gasteiger partial charge in [-0.3, -0.25) is 18.7 Å². The van der Waals surface area contributed by atoms with Gasteiger partial charge in [-0.25, -0.2) is 9.18 Å².